The molecule has 0 aromatic carbocycles. The molecule has 2 aliphatic heterocycles. The summed E-state index contributed by atoms with van der Waals surface area (Å²) in [5.74, 6) is 6.02. The molecule has 2 unspecified atom stereocenters. The second-order valence-electron chi connectivity index (χ2n) is 5.27. The fourth-order valence-corrected chi connectivity index (χ4v) is 2.90. The molecule has 2 saturated heterocycles. The third-order valence-corrected chi connectivity index (χ3v) is 3.75. The predicted molar refractivity (Wildman–Crippen MR) is 68.5 cm³/mol. The van der Waals surface area contributed by atoms with Crippen LogP contribution in [0.15, 0.2) is 0 Å². The summed E-state index contributed by atoms with van der Waals surface area (Å²) < 4.78 is 0. The molecule has 0 radical (unpaired) electrons. The monoisotopic (exact) mass is 248 g/mol. The lowest BCUT2D eigenvalue weighted by atomic mass is 9.96. The number of piperazine rings is 1. The molecular formula is C14H20N2O2. The van der Waals surface area contributed by atoms with Crippen molar-refractivity contribution >= 4 is 11.8 Å². The Morgan fingerprint density at radius 3 is 2.67 bits per heavy atom. The van der Waals surface area contributed by atoms with Crippen molar-refractivity contribution in [3.8, 4) is 11.8 Å². The van der Waals surface area contributed by atoms with Crippen LogP contribution in [0.2, 0.25) is 0 Å². The van der Waals surface area contributed by atoms with Crippen LogP contribution in [-0.2, 0) is 9.59 Å². The summed E-state index contributed by atoms with van der Waals surface area (Å²) in [7, 11) is 0. The van der Waals surface area contributed by atoms with E-state index in [1.165, 1.54) is 0 Å². The van der Waals surface area contributed by atoms with Crippen LogP contribution in [0.25, 0.3) is 0 Å². The van der Waals surface area contributed by atoms with E-state index in [0.29, 0.717) is 6.54 Å². The minimum Gasteiger partial charge on any atom is -0.329 e. The van der Waals surface area contributed by atoms with Crippen LogP contribution >= 0.6 is 0 Å². The van der Waals surface area contributed by atoms with Gasteiger partial charge in [-0.25, -0.2) is 0 Å². The van der Waals surface area contributed by atoms with Gasteiger partial charge in [0.15, 0.2) is 0 Å². The Morgan fingerprint density at radius 1 is 1.33 bits per heavy atom. The Morgan fingerprint density at radius 2 is 2.06 bits per heavy atom. The first kappa shape index (κ1) is 12.9. The van der Waals surface area contributed by atoms with Gasteiger partial charge in [-0.05, 0) is 25.7 Å². The summed E-state index contributed by atoms with van der Waals surface area (Å²) >= 11 is 0. The maximum atomic E-state index is 12.5. The van der Waals surface area contributed by atoms with E-state index in [1.807, 2.05) is 13.8 Å². The molecule has 2 aliphatic rings. The highest BCUT2D eigenvalue weighted by Gasteiger charge is 2.48. The van der Waals surface area contributed by atoms with Crippen LogP contribution < -0.4 is 0 Å². The molecule has 0 saturated carbocycles. The zero-order chi connectivity index (χ0) is 13.3. The van der Waals surface area contributed by atoms with Crippen LogP contribution in [0, 0.1) is 17.8 Å². The third kappa shape index (κ3) is 1.98. The van der Waals surface area contributed by atoms with Crippen LogP contribution in [0.3, 0.4) is 0 Å². The Bertz CT molecular complexity index is 419. The quantitative estimate of drug-likeness (QED) is 0.680. The van der Waals surface area contributed by atoms with Crippen LogP contribution in [0.5, 0.6) is 0 Å². The van der Waals surface area contributed by atoms with Crippen molar-refractivity contribution in [1.29, 1.82) is 0 Å². The normalized spacial score (nSPS) is 27.3. The van der Waals surface area contributed by atoms with Gasteiger partial charge < -0.3 is 9.80 Å². The van der Waals surface area contributed by atoms with Crippen molar-refractivity contribution < 1.29 is 9.59 Å². The first-order valence-electron chi connectivity index (χ1n) is 6.58. The largest absolute Gasteiger partial charge is 0.329 e. The summed E-state index contributed by atoms with van der Waals surface area (Å²) in [4.78, 5) is 28.3. The van der Waals surface area contributed by atoms with Crippen molar-refractivity contribution in [3.63, 3.8) is 0 Å². The molecule has 0 aromatic heterocycles. The average Bonchev–Trinajstić information content (AvgIpc) is 2.80. The van der Waals surface area contributed by atoms with Gasteiger partial charge in [-0.2, -0.15) is 0 Å². The summed E-state index contributed by atoms with van der Waals surface area (Å²) in [5.41, 5.74) is 0. The maximum absolute atomic E-state index is 12.5. The average molecular weight is 248 g/mol. The molecular weight excluding hydrogens is 228 g/mol. The van der Waals surface area contributed by atoms with E-state index >= 15 is 0 Å². The summed E-state index contributed by atoms with van der Waals surface area (Å²) in [6.45, 7) is 6.82. The highest BCUT2D eigenvalue weighted by molar-refractivity contribution is 5.97. The molecule has 2 rings (SSSR count). The Labute approximate surface area is 108 Å². The highest BCUT2D eigenvalue weighted by Crippen LogP contribution is 2.29. The van der Waals surface area contributed by atoms with Crippen molar-refractivity contribution in [3.05, 3.63) is 0 Å². The molecule has 2 fully saturated rings. The molecule has 2 amide bonds. The number of hydrogen-bond donors (Lipinski definition) is 0. The summed E-state index contributed by atoms with van der Waals surface area (Å²) in [6, 6.07) is -0.571. The molecule has 2 heterocycles. The lowest BCUT2D eigenvalue weighted by Gasteiger charge is -2.43. The maximum Gasteiger partial charge on any atom is 0.246 e. The number of carbonyl (C=O) groups excluding carboxylic acids is 2. The van der Waals surface area contributed by atoms with E-state index in [9.17, 15) is 9.59 Å². The topological polar surface area (TPSA) is 40.6 Å². The van der Waals surface area contributed by atoms with Crippen LogP contribution in [0.4, 0.5) is 0 Å². The first-order chi connectivity index (χ1) is 8.57. The molecule has 0 aliphatic carbocycles. The molecule has 4 nitrogen and oxygen atoms in total. The van der Waals surface area contributed by atoms with Gasteiger partial charge in [0.05, 0.1) is 6.54 Å². The SMILES string of the molecule is CC#CCN1C(=O)C2CCCN2C(=O)C1C(C)C. The van der Waals surface area contributed by atoms with E-state index in [1.54, 1.807) is 16.7 Å². The van der Waals surface area contributed by atoms with E-state index in [0.717, 1.165) is 19.4 Å². The van der Waals surface area contributed by atoms with Gasteiger partial charge in [-0.1, -0.05) is 19.8 Å². The lowest BCUT2D eigenvalue weighted by molar-refractivity contribution is -0.160. The molecule has 0 bridgehead atoms. The fourth-order valence-electron chi connectivity index (χ4n) is 2.90. The van der Waals surface area contributed by atoms with E-state index in [4.69, 9.17) is 0 Å². The van der Waals surface area contributed by atoms with Gasteiger partial charge in [0.2, 0.25) is 11.8 Å². The number of nitrogens with zero attached hydrogens (tertiary/aromatic N) is 2. The Kier molecular flexibility index (Phi) is 3.60. The standard InChI is InChI=1S/C14H20N2O2/c1-4-5-8-16-12(10(2)3)14(18)15-9-6-7-11(15)13(16)17/h10-12H,6-9H2,1-3H3. The van der Waals surface area contributed by atoms with E-state index in [2.05, 4.69) is 11.8 Å². The van der Waals surface area contributed by atoms with Gasteiger partial charge in [0, 0.05) is 6.54 Å². The van der Waals surface area contributed by atoms with Crippen molar-refractivity contribution in [2.75, 3.05) is 13.1 Å². The Hall–Kier alpha value is -1.50. The second kappa shape index (κ2) is 5.01. The highest BCUT2D eigenvalue weighted by atomic mass is 16.2. The molecule has 0 N–H and O–H groups in total. The van der Waals surface area contributed by atoms with Crippen LogP contribution in [-0.4, -0.2) is 46.8 Å². The van der Waals surface area contributed by atoms with Gasteiger partial charge in [-0.15, -0.1) is 5.92 Å². The van der Waals surface area contributed by atoms with E-state index in [-0.39, 0.29) is 29.8 Å². The van der Waals surface area contributed by atoms with Gasteiger partial charge >= 0.3 is 0 Å². The number of fused-ring (bicyclic) bond motifs is 1. The molecule has 98 valence electrons. The second-order valence-corrected chi connectivity index (χ2v) is 5.27. The van der Waals surface area contributed by atoms with Gasteiger partial charge in [0.1, 0.15) is 12.1 Å². The third-order valence-electron chi connectivity index (χ3n) is 3.75. The van der Waals surface area contributed by atoms with Gasteiger partial charge in [-0.3, -0.25) is 9.59 Å². The molecule has 18 heavy (non-hydrogen) atoms. The molecule has 4 heteroatoms. The number of hydrogen-bond acceptors (Lipinski definition) is 2. The molecule has 0 aromatic rings. The minimum absolute atomic E-state index is 0.0774. The lowest BCUT2D eigenvalue weighted by Crippen LogP contribution is -2.64. The van der Waals surface area contributed by atoms with Gasteiger partial charge in [0.25, 0.3) is 0 Å². The first-order valence-corrected chi connectivity index (χ1v) is 6.58. The number of amides is 2. The van der Waals surface area contributed by atoms with Crippen molar-refractivity contribution in [2.45, 2.75) is 45.7 Å². The van der Waals surface area contributed by atoms with Crippen molar-refractivity contribution in [2.24, 2.45) is 5.92 Å². The summed E-state index contributed by atoms with van der Waals surface area (Å²) in [6.07, 6.45) is 1.73. The molecule has 0 spiro atoms. The Balaban J connectivity index is 2.30. The van der Waals surface area contributed by atoms with Crippen LogP contribution in [0.1, 0.15) is 33.6 Å². The minimum atomic E-state index is -0.340. The van der Waals surface area contributed by atoms with E-state index < -0.39 is 0 Å². The predicted octanol–water partition coefficient (Wildman–Crippen LogP) is 0.867. The fraction of sp³-hybridized carbons (Fsp3) is 0.714. The van der Waals surface area contributed by atoms with Crippen molar-refractivity contribution in [1.82, 2.24) is 9.80 Å². The number of rotatable bonds is 2. The zero-order valence-electron chi connectivity index (χ0n) is 11.3. The zero-order valence-corrected chi connectivity index (χ0v) is 11.3. The molecule has 2 atom stereocenters. The summed E-state index contributed by atoms with van der Waals surface area (Å²) in [5, 5.41) is 0. The number of carbonyl (C=O) groups is 2. The smallest absolute Gasteiger partial charge is 0.246 e.